The maximum absolute atomic E-state index is 10.2. The zero-order valence-corrected chi connectivity index (χ0v) is 25.9. The SMILES string of the molecule is CC(C)CCCC(C)[C@H]1CC[C@H]2[C@@H]3CC=C4C[C@@H](O)CC[C@]4(C)[C@H]3CC[C@]12C.C[N+](C)(C#P=O)CCO. The van der Waals surface area contributed by atoms with Gasteiger partial charge in [0.2, 0.25) is 0 Å². The molecule has 4 aliphatic rings. The van der Waals surface area contributed by atoms with Crippen molar-refractivity contribution >= 4 is 7.92 Å². The number of hydrogen-bond acceptors (Lipinski definition) is 3. The van der Waals surface area contributed by atoms with Crippen LogP contribution in [0, 0.1) is 52.1 Å². The molecule has 4 aliphatic carbocycles. The van der Waals surface area contributed by atoms with Crippen LogP contribution in [0.2, 0.25) is 0 Å². The van der Waals surface area contributed by atoms with Gasteiger partial charge in [-0.25, -0.2) is 0 Å². The van der Waals surface area contributed by atoms with Gasteiger partial charge in [-0.3, -0.25) is 0 Å². The van der Waals surface area contributed by atoms with Gasteiger partial charge in [0, 0.05) is 0 Å². The molecular formula is C32H57NO3P+. The average Bonchev–Trinajstić information content (AvgIpc) is 3.17. The summed E-state index contributed by atoms with van der Waals surface area (Å²) in [6.07, 6.45) is 17.2. The molecular weight excluding hydrogens is 477 g/mol. The van der Waals surface area contributed by atoms with Crippen LogP contribution in [-0.2, 0) is 4.57 Å². The van der Waals surface area contributed by atoms with Crippen LogP contribution in [-0.4, -0.2) is 48.0 Å². The topological polar surface area (TPSA) is 57.5 Å². The normalized spacial score (nSPS) is 37.8. The average molecular weight is 535 g/mol. The number of nitrogens with zero attached hydrogens (tertiary/aromatic N) is 1. The number of allylic oxidation sites excluding steroid dienone is 1. The molecule has 212 valence electrons. The van der Waals surface area contributed by atoms with E-state index < -0.39 is 0 Å². The van der Waals surface area contributed by atoms with E-state index in [-0.39, 0.29) is 20.6 Å². The summed E-state index contributed by atoms with van der Waals surface area (Å²) in [6.45, 7) is 13.2. The zero-order valence-electron chi connectivity index (χ0n) is 25.0. The van der Waals surface area contributed by atoms with Gasteiger partial charge in [0.15, 0.2) is 0 Å². The van der Waals surface area contributed by atoms with Crippen molar-refractivity contribution in [3.8, 4) is 5.75 Å². The van der Waals surface area contributed by atoms with Crippen LogP contribution >= 0.6 is 7.92 Å². The number of hydrogen-bond donors (Lipinski definition) is 2. The fourth-order valence-corrected chi connectivity index (χ4v) is 9.40. The number of quaternary nitrogens is 1. The molecule has 5 heteroatoms. The second-order valence-electron chi connectivity index (χ2n) is 14.5. The molecule has 3 fully saturated rings. The fraction of sp³-hybridized carbons (Fsp3) is 0.906. The number of fused-ring (bicyclic) bond motifs is 5. The van der Waals surface area contributed by atoms with Gasteiger partial charge in [0.25, 0.3) is 0 Å². The van der Waals surface area contributed by atoms with Gasteiger partial charge in [-0.15, -0.1) is 0 Å². The van der Waals surface area contributed by atoms with Crippen molar-refractivity contribution in [2.75, 3.05) is 27.2 Å². The molecule has 0 aromatic rings. The van der Waals surface area contributed by atoms with Crippen molar-refractivity contribution in [1.29, 1.82) is 0 Å². The van der Waals surface area contributed by atoms with Crippen molar-refractivity contribution in [3.05, 3.63) is 11.6 Å². The van der Waals surface area contributed by atoms with Gasteiger partial charge in [0.05, 0.1) is 6.10 Å². The first-order chi connectivity index (χ1) is 17.4. The van der Waals surface area contributed by atoms with Crippen LogP contribution < -0.4 is 0 Å². The molecule has 0 saturated heterocycles. The summed E-state index contributed by atoms with van der Waals surface area (Å²) in [5.74, 6) is 8.07. The van der Waals surface area contributed by atoms with Crippen molar-refractivity contribution in [2.45, 2.75) is 111 Å². The minimum absolute atomic E-state index is 0.0766. The molecule has 2 N–H and O–H groups in total. The van der Waals surface area contributed by atoms with Gasteiger partial charge >= 0.3 is 55.1 Å². The van der Waals surface area contributed by atoms with E-state index in [1.807, 2.05) is 14.1 Å². The Morgan fingerprint density at radius 3 is 2.46 bits per heavy atom. The molecule has 0 aromatic carbocycles. The van der Waals surface area contributed by atoms with Crippen molar-refractivity contribution < 1.29 is 19.3 Å². The molecule has 0 heterocycles. The Bertz CT molecular complexity index is 895. The molecule has 0 amide bonds. The number of aliphatic hydroxyl groups excluding tert-OH is 2. The molecule has 3 saturated carbocycles. The van der Waals surface area contributed by atoms with Crippen LogP contribution in [0.5, 0.6) is 0 Å². The van der Waals surface area contributed by atoms with Crippen molar-refractivity contribution in [3.63, 3.8) is 0 Å². The van der Waals surface area contributed by atoms with E-state index in [0.29, 0.717) is 21.9 Å². The van der Waals surface area contributed by atoms with Crippen LogP contribution in [0.1, 0.15) is 105 Å². The van der Waals surface area contributed by atoms with E-state index in [2.05, 4.69) is 46.4 Å². The molecule has 0 radical (unpaired) electrons. The maximum atomic E-state index is 10.2. The number of likely N-dealkylation sites (N-methyl/N-ethyl adjacent to an activating group) is 1. The van der Waals surface area contributed by atoms with Gasteiger partial charge in [-0.05, 0) is 97.7 Å². The Labute approximate surface area is 229 Å². The van der Waals surface area contributed by atoms with Crippen LogP contribution in [0.25, 0.3) is 0 Å². The summed E-state index contributed by atoms with van der Waals surface area (Å²) < 4.78 is 10.3. The Morgan fingerprint density at radius 2 is 1.81 bits per heavy atom. The summed E-state index contributed by atoms with van der Waals surface area (Å²) in [7, 11) is 3.54. The summed E-state index contributed by atoms with van der Waals surface area (Å²) >= 11 is 0. The Balaban J connectivity index is 0.000000364. The fourth-order valence-electron chi connectivity index (χ4n) is 9.08. The van der Waals surface area contributed by atoms with Crippen LogP contribution in [0.3, 0.4) is 0 Å². The third kappa shape index (κ3) is 7.05. The van der Waals surface area contributed by atoms with Gasteiger partial charge in [-0.2, -0.15) is 0 Å². The molecule has 0 spiro atoms. The van der Waals surface area contributed by atoms with Crippen LogP contribution in [0.15, 0.2) is 11.6 Å². The number of aliphatic hydroxyl groups is 2. The van der Waals surface area contributed by atoms with E-state index in [1.54, 1.807) is 5.57 Å². The third-order valence-electron chi connectivity index (χ3n) is 11.2. The summed E-state index contributed by atoms with van der Waals surface area (Å²) in [5.41, 5.74) is 2.60. The van der Waals surface area contributed by atoms with Crippen molar-refractivity contribution in [1.82, 2.24) is 0 Å². The van der Waals surface area contributed by atoms with Crippen LogP contribution in [0.4, 0.5) is 0 Å². The van der Waals surface area contributed by atoms with E-state index in [9.17, 15) is 9.67 Å². The predicted octanol–water partition coefficient (Wildman–Crippen LogP) is 7.65. The van der Waals surface area contributed by atoms with Gasteiger partial charge < -0.3 is 5.11 Å². The van der Waals surface area contributed by atoms with Gasteiger partial charge in [-0.1, -0.05) is 65.5 Å². The summed E-state index contributed by atoms with van der Waals surface area (Å²) in [6, 6.07) is 0. The van der Waals surface area contributed by atoms with Crippen molar-refractivity contribution in [2.24, 2.45) is 46.3 Å². The second kappa shape index (κ2) is 12.9. The van der Waals surface area contributed by atoms with E-state index in [4.69, 9.17) is 5.11 Å². The summed E-state index contributed by atoms with van der Waals surface area (Å²) in [4.78, 5) is 0. The zero-order chi connectivity index (χ0) is 27.4. The standard InChI is InChI=1S/C27H46O.C5H11NO2P/c1-18(2)7-6-8-19(3)23-11-12-24-22-10-9-20-17-21(28)13-15-26(20,4)25(22)14-16-27(23,24)5;1-6(2,3-4-7)5-9-8/h9,18-19,21-25,28H,6-8,10-17H2,1-5H3;7H,3-4H2,1-2H3/q;+1/t19?,21-,22-,23+,24-,25-,26-,27+;/m0./s1. The monoisotopic (exact) mass is 534 g/mol. The second-order valence-corrected chi connectivity index (χ2v) is 14.9. The molecule has 0 aliphatic heterocycles. The predicted molar refractivity (Wildman–Crippen MR) is 155 cm³/mol. The molecule has 4 rings (SSSR count). The Kier molecular flexibility index (Phi) is 10.8. The number of rotatable bonds is 7. The molecule has 0 aromatic heterocycles. The summed E-state index contributed by atoms with van der Waals surface area (Å²) in [5, 5.41) is 18.7. The quantitative estimate of drug-likeness (QED) is 0.200. The molecule has 4 nitrogen and oxygen atoms in total. The Hall–Kier alpha value is -0.370. The van der Waals surface area contributed by atoms with E-state index in [0.717, 1.165) is 48.3 Å². The minimum atomic E-state index is -0.105. The molecule has 8 atom stereocenters. The molecule has 1 unspecified atom stereocenters. The molecule has 37 heavy (non-hydrogen) atoms. The van der Waals surface area contributed by atoms with E-state index in [1.165, 1.54) is 57.8 Å². The first-order valence-corrected chi connectivity index (χ1v) is 16.1. The third-order valence-corrected chi connectivity index (χ3v) is 11.9. The Morgan fingerprint density at radius 1 is 1.08 bits per heavy atom. The first-order valence-electron chi connectivity index (χ1n) is 15.3. The molecule has 0 bridgehead atoms. The van der Waals surface area contributed by atoms with Gasteiger partial charge in [0.1, 0.15) is 0 Å². The van der Waals surface area contributed by atoms with E-state index >= 15 is 0 Å². The first kappa shape index (κ1) is 31.2.